The predicted octanol–water partition coefficient (Wildman–Crippen LogP) is 2.96. The van der Waals surface area contributed by atoms with Gasteiger partial charge in [0.25, 0.3) is 0 Å². The quantitative estimate of drug-likeness (QED) is 0.724. The molecular weight excluding hydrogens is 288 g/mol. The lowest BCUT2D eigenvalue weighted by atomic mass is 9.82. The highest BCUT2D eigenvalue weighted by Crippen LogP contribution is 2.40. The van der Waals surface area contributed by atoms with Gasteiger partial charge in [-0.2, -0.15) is 0 Å². The lowest BCUT2D eigenvalue weighted by Crippen LogP contribution is -2.51. The number of carbonyl (C=O) groups is 1. The van der Waals surface area contributed by atoms with Crippen molar-refractivity contribution in [3.8, 4) is 0 Å². The van der Waals surface area contributed by atoms with Gasteiger partial charge >= 0.3 is 0 Å². The number of hydrogen-bond acceptors (Lipinski definition) is 3. The Morgan fingerprint density at radius 2 is 1.96 bits per heavy atom. The summed E-state index contributed by atoms with van der Waals surface area (Å²) >= 11 is 0. The number of hydrogen-bond donors (Lipinski definition) is 2. The summed E-state index contributed by atoms with van der Waals surface area (Å²) in [5.41, 5.74) is 6.31. The SMILES string of the molecule is CCOCCC1(CNC(=O)C(C)(N)c2ccccc2)CCCC1. The lowest BCUT2D eigenvalue weighted by molar-refractivity contribution is -0.126. The van der Waals surface area contributed by atoms with E-state index < -0.39 is 5.54 Å². The molecule has 2 rings (SSSR count). The molecule has 0 heterocycles. The molecule has 1 unspecified atom stereocenters. The van der Waals surface area contributed by atoms with Crippen LogP contribution in [0.3, 0.4) is 0 Å². The summed E-state index contributed by atoms with van der Waals surface area (Å²) in [5.74, 6) is -0.105. The molecule has 0 radical (unpaired) electrons. The fourth-order valence-corrected chi connectivity index (χ4v) is 3.44. The Labute approximate surface area is 139 Å². The van der Waals surface area contributed by atoms with Gasteiger partial charge in [0.05, 0.1) is 0 Å². The van der Waals surface area contributed by atoms with Gasteiger partial charge in [-0.1, -0.05) is 43.2 Å². The normalized spacial score (nSPS) is 19.3. The average molecular weight is 318 g/mol. The Kier molecular flexibility index (Phi) is 6.19. The van der Waals surface area contributed by atoms with Crippen LogP contribution >= 0.6 is 0 Å². The molecule has 3 N–H and O–H groups in total. The summed E-state index contributed by atoms with van der Waals surface area (Å²) in [6, 6.07) is 9.56. The molecule has 0 aliphatic heterocycles. The fourth-order valence-electron chi connectivity index (χ4n) is 3.44. The van der Waals surface area contributed by atoms with Gasteiger partial charge in [-0.15, -0.1) is 0 Å². The average Bonchev–Trinajstić information content (AvgIpc) is 3.03. The summed E-state index contributed by atoms with van der Waals surface area (Å²) in [6.45, 7) is 6.00. The lowest BCUT2D eigenvalue weighted by Gasteiger charge is -2.32. The minimum Gasteiger partial charge on any atom is -0.382 e. The summed E-state index contributed by atoms with van der Waals surface area (Å²) < 4.78 is 5.53. The number of rotatable bonds is 8. The van der Waals surface area contributed by atoms with E-state index in [9.17, 15) is 4.79 Å². The molecule has 128 valence electrons. The highest BCUT2D eigenvalue weighted by atomic mass is 16.5. The molecule has 1 aromatic rings. The topological polar surface area (TPSA) is 64.3 Å². The van der Waals surface area contributed by atoms with Crippen LogP contribution in [0.25, 0.3) is 0 Å². The summed E-state index contributed by atoms with van der Waals surface area (Å²) in [5, 5.41) is 3.11. The van der Waals surface area contributed by atoms with Crippen molar-refractivity contribution in [2.75, 3.05) is 19.8 Å². The van der Waals surface area contributed by atoms with Crippen LogP contribution in [0.4, 0.5) is 0 Å². The smallest absolute Gasteiger partial charge is 0.244 e. The second-order valence-electron chi connectivity index (χ2n) is 6.91. The van der Waals surface area contributed by atoms with E-state index in [1.54, 1.807) is 6.92 Å². The number of nitrogens with one attached hydrogen (secondary N) is 1. The van der Waals surface area contributed by atoms with Crippen molar-refractivity contribution in [2.24, 2.45) is 11.1 Å². The second kappa shape index (κ2) is 7.93. The van der Waals surface area contributed by atoms with Crippen LogP contribution in [-0.4, -0.2) is 25.7 Å². The molecule has 23 heavy (non-hydrogen) atoms. The number of ether oxygens (including phenoxy) is 1. The Morgan fingerprint density at radius 1 is 1.30 bits per heavy atom. The zero-order chi connectivity index (χ0) is 16.8. The molecular formula is C19H30N2O2. The van der Waals surface area contributed by atoms with Gasteiger partial charge in [-0.05, 0) is 44.1 Å². The van der Waals surface area contributed by atoms with Crippen LogP contribution in [0.1, 0.15) is 51.5 Å². The molecule has 0 saturated heterocycles. The molecule has 0 bridgehead atoms. The first kappa shape index (κ1) is 18.0. The van der Waals surface area contributed by atoms with E-state index in [0.717, 1.165) is 38.0 Å². The number of carbonyl (C=O) groups excluding carboxylic acids is 1. The van der Waals surface area contributed by atoms with Gasteiger partial charge in [0.2, 0.25) is 5.91 Å². The summed E-state index contributed by atoms with van der Waals surface area (Å²) in [4.78, 5) is 12.6. The number of nitrogens with two attached hydrogens (primary N) is 1. The number of amides is 1. The van der Waals surface area contributed by atoms with Gasteiger partial charge in [0, 0.05) is 19.8 Å². The number of benzene rings is 1. The zero-order valence-corrected chi connectivity index (χ0v) is 14.4. The second-order valence-corrected chi connectivity index (χ2v) is 6.91. The molecule has 1 aliphatic carbocycles. The van der Waals surface area contributed by atoms with Crippen molar-refractivity contribution in [1.29, 1.82) is 0 Å². The van der Waals surface area contributed by atoms with Crippen LogP contribution in [0, 0.1) is 5.41 Å². The third-order valence-electron chi connectivity index (χ3n) is 5.11. The van der Waals surface area contributed by atoms with Crippen LogP contribution in [0.2, 0.25) is 0 Å². The molecule has 1 atom stereocenters. The van der Waals surface area contributed by atoms with Crippen molar-refractivity contribution in [2.45, 2.75) is 51.5 Å². The largest absolute Gasteiger partial charge is 0.382 e. The predicted molar refractivity (Wildman–Crippen MR) is 93.0 cm³/mol. The van der Waals surface area contributed by atoms with Gasteiger partial charge in [-0.25, -0.2) is 0 Å². The van der Waals surface area contributed by atoms with E-state index in [1.165, 1.54) is 12.8 Å². The van der Waals surface area contributed by atoms with E-state index in [4.69, 9.17) is 10.5 Å². The van der Waals surface area contributed by atoms with Gasteiger partial charge in [0.15, 0.2) is 0 Å². The third-order valence-corrected chi connectivity index (χ3v) is 5.11. The molecule has 1 amide bonds. The van der Waals surface area contributed by atoms with Crippen LogP contribution < -0.4 is 11.1 Å². The van der Waals surface area contributed by atoms with Crippen LogP contribution in [0.15, 0.2) is 30.3 Å². The Balaban J connectivity index is 1.96. The molecule has 1 aliphatic rings. The first-order chi connectivity index (χ1) is 11.0. The van der Waals surface area contributed by atoms with E-state index >= 15 is 0 Å². The molecule has 4 heteroatoms. The van der Waals surface area contributed by atoms with Crippen molar-refractivity contribution in [3.05, 3.63) is 35.9 Å². The fraction of sp³-hybridized carbons (Fsp3) is 0.632. The molecule has 1 aromatic carbocycles. The van der Waals surface area contributed by atoms with Crippen LogP contribution in [0.5, 0.6) is 0 Å². The summed E-state index contributed by atoms with van der Waals surface area (Å²) in [6.07, 6.45) is 5.80. The van der Waals surface area contributed by atoms with E-state index in [1.807, 2.05) is 37.3 Å². The zero-order valence-electron chi connectivity index (χ0n) is 14.4. The standard InChI is InChI=1S/C19H30N2O2/c1-3-23-14-13-19(11-7-8-12-19)15-21-17(22)18(2,20)16-9-5-4-6-10-16/h4-6,9-10H,3,7-8,11-15,20H2,1-2H3,(H,21,22). The highest BCUT2D eigenvalue weighted by molar-refractivity contribution is 5.87. The maximum Gasteiger partial charge on any atom is 0.244 e. The third kappa shape index (κ3) is 4.55. The van der Waals surface area contributed by atoms with Gasteiger partial charge in [0.1, 0.15) is 5.54 Å². The maximum absolute atomic E-state index is 12.6. The minimum atomic E-state index is -0.999. The van der Waals surface area contributed by atoms with Crippen molar-refractivity contribution in [1.82, 2.24) is 5.32 Å². The Hall–Kier alpha value is -1.39. The minimum absolute atomic E-state index is 0.105. The summed E-state index contributed by atoms with van der Waals surface area (Å²) in [7, 11) is 0. The first-order valence-electron chi connectivity index (χ1n) is 8.71. The molecule has 0 aromatic heterocycles. The first-order valence-corrected chi connectivity index (χ1v) is 8.71. The Bertz CT molecular complexity index is 493. The van der Waals surface area contributed by atoms with Gasteiger partial charge < -0.3 is 15.8 Å². The van der Waals surface area contributed by atoms with Crippen molar-refractivity contribution >= 4 is 5.91 Å². The van der Waals surface area contributed by atoms with Crippen molar-refractivity contribution < 1.29 is 9.53 Å². The van der Waals surface area contributed by atoms with Gasteiger partial charge in [-0.3, -0.25) is 4.79 Å². The van der Waals surface area contributed by atoms with E-state index in [0.29, 0.717) is 6.54 Å². The highest BCUT2D eigenvalue weighted by Gasteiger charge is 2.36. The van der Waals surface area contributed by atoms with E-state index in [-0.39, 0.29) is 11.3 Å². The van der Waals surface area contributed by atoms with E-state index in [2.05, 4.69) is 5.32 Å². The van der Waals surface area contributed by atoms with Crippen molar-refractivity contribution in [3.63, 3.8) is 0 Å². The molecule has 4 nitrogen and oxygen atoms in total. The van der Waals surface area contributed by atoms with Crippen LogP contribution in [-0.2, 0) is 15.1 Å². The molecule has 0 spiro atoms. The maximum atomic E-state index is 12.6. The molecule has 1 fully saturated rings. The Morgan fingerprint density at radius 3 is 2.57 bits per heavy atom. The molecule has 1 saturated carbocycles. The monoisotopic (exact) mass is 318 g/mol.